The number of aliphatic hydroxyl groups is 1. The summed E-state index contributed by atoms with van der Waals surface area (Å²) in [4.78, 5) is 24.5. The monoisotopic (exact) mass is 955 g/mol. The van der Waals surface area contributed by atoms with Gasteiger partial charge in [-0.3, -0.25) is 9.59 Å². The lowest BCUT2D eigenvalue weighted by Crippen LogP contribution is -2.28. The first kappa shape index (κ1) is 65.3. The van der Waals surface area contributed by atoms with Crippen LogP contribution in [0.2, 0.25) is 0 Å². The zero-order valence-corrected chi connectivity index (χ0v) is 44.8. The standard InChI is InChI=1S/C64H106O5/c1-3-5-7-9-11-13-15-17-19-21-23-24-25-26-27-28-29-30-31-32-33-34-35-36-37-38-39-40-41-43-45-47-49-51-53-55-57-59-64(67)69-62(60-65)61-68-63(66)58-56-54-52-50-48-46-44-42-22-20-18-16-14-12-10-8-6-4-2/h5,7,11,13,17,19,23-24,26-27,29-30,32-33,35-36,38-39,41,43,62,65H,3-4,6,8-10,12,14-16,18,20-22,25,28,31,34,37,40,42,44-61H2,1-2H3/b7-5-,13-11-,19-17-,24-23-,27-26-,30-29-,33-32-,36-35-,39-38-,43-41-. The number of aliphatic hydroxyl groups excluding tert-OH is 1. The number of ether oxygens (including phenoxy) is 2. The smallest absolute Gasteiger partial charge is 0.306 e. The summed E-state index contributed by atoms with van der Waals surface area (Å²) in [6, 6.07) is 0. The third-order valence-electron chi connectivity index (χ3n) is 12.0. The Morgan fingerprint density at radius 2 is 0.623 bits per heavy atom. The molecule has 0 heterocycles. The van der Waals surface area contributed by atoms with E-state index in [1.807, 2.05) is 0 Å². The van der Waals surface area contributed by atoms with E-state index in [9.17, 15) is 14.7 Å². The normalized spacial score (nSPS) is 13.1. The Balaban J connectivity index is 3.61. The van der Waals surface area contributed by atoms with Gasteiger partial charge >= 0.3 is 11.9 Å². The third-order valence-corrected chi connectivity index (χ3v) is 12.0. The van der Waals surface area contributed by atoms with Gasteiger partial charge in [-0.05, 0) is 89.9 Å². The number of allylic oxidation sites excluding steroid dienone is 20. The van der Waals surface area contributed by atoms with Gasteiger partial charge in [0.2, 0.25) is 0 Å². The van der Waals surface area contributed by atoms with Crippen LogP contribution in [0.1, 0.15) is 251 Å². The molecule has 1 unspecified atom stereocenters. The quantitative estimate of drug-likeness (QED) is 0.0374. The van der Waals surface area contributed by atoms with Crippen molar-refractivity contribution in [2.75, 3.05) is 13.2 Å². The summed E-state index contributed by atoms with van der Waals surface area (Å²) < 4.78 is 10.7. The number of unbranched alkanes of at least 4 members (excludes halogenated alkanes) is 23. The van der Waals surface area contributed by atoms with E-state index in [1.165, 1.54) is 116 Å². The number of esters is 2. The molecule has 0 radical (unpaired) electrons. The molecular weight excluding hydrogens is 849 g/mol. The Kier molecular flexibility index (Phi) is 55.5. The fourth-order valence-electron chi connectivity index (χ4n) is 7.76. The molecule has 0 fully saturated rings. The zero-order valence-electron chi connectivity index (χ0n) is 44.8. The van der Waals surface area contributed by atoms with Crippen LogP contribution in [0.5, 0.6) is 0 Å². The molecule has 0 saturated carbocycles. The average molecular weight is 956 g/mol. The maximum Gasteiger partial charge on any atom is 0.306 e. The first-order valence-electron chi connectivity index (χ1n) is 28.6. The largest absolute Gasteiger partial charge is 0.462 e. The minimum atomic E-state index is -0.786. The molecule has 1 N–H and O–H groups in total. The highest BCUT2D eigenvalue weighted by Crippen LogP contribution is 2.15. The van der Waals surface area contributed by atoms with Gasteiger partial charge in [-0.1, -0.05) is 270 Å². The van der Waals surface area contributed by atoms with Gasteiger partial charge in [-0.2, -0.15) is 0 Å². The van der Waals surface area contributed by atoms with Crippen molar-refractivity contribution in [1.82, 2.24) is 0 Å². The summed E-state index contributed by atoms with van der Waals surface area (Å²) in [5.41, 5.74) is 0. The first-order valence-corrected chi connectivity index (χ1v) is 28.6. The molecule has 0 spiro atoms. The molecular formula is C64H106O5. The fourth-order valence-corrected chi connectivity index (χ4v) is 7.76. The lowest BCUT2D eigenvalue weighted by Gasteiger charge is -2.15. The highest BCUT2D eigenvalue weighted by atomic mass is 16.6. The van der Waals surface area contributed by atoms with Crippen LogP contribution in [-0.2, 0) is 19.1 Å². The van der Waals surface area contributed by atoms with E-state index in [-0.39, 0.29) is 25.2 Å². The number of carbonyl (C=O) groups is 2. The Morgan fingerprint density at radius 1 is 0.348 bits per heavy atom. The van der Waals surface area contributed by atoms with Crippen LogP contribution in [0, 0.1) is 0 Å². The fraction of sp³-hybridized carbons (Fsp3) is 0.656. The lowest BCUT2D eigenvalue weighted by molar-refractivity contribution is -0.161. The molecule has 0 aromatic rings. The Labute approximate surface area is 426 Å². The van der Waals surface area contributed by atoms with Crippen LogP contribution in [0.15, 0.2) is 122 Å². The van der Waals surface area contributed by atoms with E-state index in [0.717, 1.165) is 109 Å². The molecule has 0 rings (SSSR count). The zero-order chi connectivity index (χ0) is 49.9. The van der Waals surface area contributed by atoms with E-state index >= 15 is 0 Å². The van der Waals surface area contributed by atoms with Gasteiger partial charge in [-0.25, -0.2) is 0 Å². The highest BCUT2D eigenvalue weighted by molar-refractivity contribution is 5.70. The van der Waals surface area contributed by atoms with Crippen molar-refractivity contribution < 1.29 is 24.2 Å². The van der Waals surface area contributed by atoms with Gasteiger partial charge in [0.15, 0.2) is 6.10 Å². The lowest BCUT2D eigenvalue weighted by atomic mass is 10.0. The van der Waals surface area contributed by atoms with Gasteiger partial charge in [0.05, 0.1) is 6.61 Å². The molecule has 392 valence electrons. The SMILES string of the molecule is CC/C=C\C/C=C\C/C=C\C/C=C\C/C=C\C/C=C\C/C=C\C/C=C\C/C=C\C/C=C\CCCCCCCCC(=O)OC(CO)COC(=O)CCCCCCCCCCCCCCCCCCCC. The molecule has 0 saturated heterocycles. The Bertz CT molecular complexity index is 1400. The van der Waals surface area contributed by atoms with Crippen LogP contribution in [0.25, 0.3) is 0 Å². The number of rotatable bonds is 51. The number of hydrogen-bond donors (Lipinski definition) is 1. The maximum atomic E-state index is 12.3. The molecule has 0 aliphatic carbocycles. The van der Waals surface area contributed by atoms with E-state index in [1.54, 1.807) is 0 Å². The van der Waals surface area contributed by atoms with Crippen molar-refractivity contribution in [3.63, 3.8) is 0 Å². The van der Waals surface area contributed by atoms with Crippen molar-refractivity contribution in [3.8, 4) is 0 Å². The number of hydrogen-bond acceptors (Lipinski definition) is 5. The molecule has 0 aromatic carbocycles. The second-order valence-electron chi connectivity index (χ2n) is 18.6. The van der Waals surface area contributed by atoms with Crippen molar-refractivity contribution in [2.24, 2.45) is 0 Å². The van der Waals surface area contributed by atoms with E-state index in [2.05, 4.69) is 135 Å². The third kappa shape index (κ3) is 56.8. The van der Waals surface area contributed by atoms with Gasteiger partial charge in [0, 0.05) is 12.8 Å². The highest BCUT2D eigenvalue weighted by Gasteiger charge is 2.16. The van der Waals surface area contributed by atoms with Gasteiger partial charge in [0.1, 0.15) is 6.61 Å². The minimum Gasteiger partial charge on any atom is -0.462 e. The molecule has 0 bridgehead atoms. The van der Waals surface area contributed by atoms with Crippen molar-refractivity contribution in [3.05, 3.63) is 122 Å². The van der Waals surface area contributed by atoms with E-state index < -0.39 is 6.10 Å². The Hall–Kier alpha value is -3.70. The maximum absolute atomic E-state index is 12.3. The van der Waals surface area contributed by atoms with E-state index in [4.69, 9.17) is 9.47 Å². The molecule has 0 aliphatic rings. The summed E-state index contributed by atoms with van der Waals surface area (Å²) in [6.45, 7) is 4.03. The molecule has 0 aliphatic heterocycles. The molecule has 5 nitrogen and oxygen atoms in total. The summed E-state index contributed by atoms with van der Waals surface area (Å²) in [7, 11) is 0. The second-order valence-corrected chi connectivity index (χ2v) is 18.6. The van der Waals surface area contributed by atoms with E-state index in [0.29, 0.717) is 12.8 Å². The number of carbonyl (C=O) groups excluding carboxylic acids is 2. The van der Waals surface area contributed by atoms with Gasteiger partial charge in [0.25, 0.3) is 0 Å². The van der Waals surface area contributed by atoms with Crippen LogP contribution in [0.4, 0.5) is 0 Å². The summed E-state index contributed by atoms with van der Waals surface area (Å²) >= 11 is 0. The summed E-state index contributed by atoms with van der Waals surface area (Å²) in [6.07, 6.45) is 85.9. The van der Waals surface area contributed by atoms with Gasteiger partial charge in [-0.15, -0.1) is 0 Å². The van der Waals surface area contributed by atoms with Crippen molar-refractivity contribution >= 4 is 11.9 Å². The molecule has 0 amide bonds. The van der Waals surface area contributed by atoms with Crippen LogP contribution < -0.4 is 0 Å². The van der Waals surface area contributed by atoms with Crippen LogP contribution >= 0.6 is 0 Å². The molecule has 0 aromatic heterocycles. The van der Waals surface area contributed by atoms with Crippen molar-refractivity contribution in [2.45, 2.75) is 258 Å². The molecule has 69 heavy (non-hydrogen) atoms. The molecule has 5 heteroatoms. The molecule has 1 atom stereocenters. The second kappa shape index (κ2) is 58.6. The first-order chi connectivity index (χ1) is 34.1. The predicted octanol–water partition coefficient (Wildman–Crippen LogP) is 19.5. The van der Waals surface area contributed by atoms with Gasteiger partial charge < -0.3 is 14.6 Å². The average Bonchev–Trinajstić information content (AvgIpc) is 3.35. The van der Waals surface area contributed by atoms with Crippen LogP contribution in [0.3, 0.4) is 0 Å². The predicted molar refractivity (Wildman–Crippen MR) is 302 cm³/mol. The minimum absolute atomic E-state index is 0.0755. The topological polar surface area (TPSA) is 72.8 Å². The van der Waals surface area contributed by atoms with Crippen LogP contribution in [-0.4, -0.2) is 36.4 Å². The summed E-state index contributed by atoms with van der Waals surface area (Å²) in [5.74, 6) is -0.607. The van der Waals surface area contributed by atoms with Crippen molar-refractivity contribution in [1.29, 1.82) is 0 Å². The Morgan fingerprint density at radius 3 is 0.942 bits per heavy atom. The summed E-state index contributed by atoms with van der Waals surface area (Å²) in [5, 5.41) is 9.64.